The summed E-state index contributed by atoms with van der Waals surface area (Å²) in [5, 5.41) is 7.29. The minimum atomic E-state index is 0.214. The molecule has 0 saturated carbocycles. The highest BCUT2D eigenvalue weighted by molar-refractivity contribution is 5.41. The first-order chi connectivity index (χ1) is 9.04. The van der Waals surface area contributed by atoms with E-state index in [1.807, 2.05) is 6.20 Å². The van der Waals surface area contributed by atoms with Gasteiger partial charge in [0, 0.05) is 12.1 Å². The number of hydrogen-bond acceptors (Lipinski definition) is 1. The van der Waals surface area contributed by atoms with Crippen LogP contribution in [-0.4, -0.2) is 10.2 Å². The number of aryl methyl sites for hydroxylation is 1. The van der Waals surface area contributed by atoms with Crippen molar-refractivity contribution in [2.75, 3.05) is 0 Å². The van der Waals surface area contributed by atoms with Crippen LogP contribution in [0.4, 0.5) is 0 Å². The molecule has 99 valence electrons. The second kappa shape index (κ2) is 4.52. The standard InChI is InChI=1S/C17H21N2/c1-17(2,3)15-6-4-5-12(10-15)13-7-8-16-14(9-13)11-18-19-16/h4-6,10-11H,7-9H2,1-3H3,(H,18,19). The van der Waals surface area contributed by atoms with Crippen LogP contribution in [0, 0.1) is 5.92 Å². The van der Waals surface area contributed by atoms with Gasteiger partial charge in [-0.25, -0.2) is 0 Å². The Kier molecular flexibility index (Phi) is 2.96. The lowest BCUT2D eigenvalue weighted by Crippen LogP contribution is -2.15. The molecular weight excluding hydrogens is 232 g/mol. The van der Waals surface area contributed by atoms with Crippen LogP contribution in [0.3, 0.4) is 0 Å². The van der Waals surface area contributed by atoms with Gasteiger partial charge in [-0.1, -0.05) is 45.0 Å². The molecule has 2 aromatic rings. The molecule has 0 fully saturated rings. The van der Waals surface area contributed by atoms with E-state index >= 15 is 0 Å². The molecule has 0 bridgehead atoms. The third-order valence-corrected chi connectivity index (χ3v) is 4.01. The SMILES string of the molecule is CC(C)(C)c1cccc([C]2CCc3n[nH]cc3C2)c1. The zero-order valence-corrected chi connectivity index (χ0v) is 12.0. The maximum Gasteiger partial charge on any atom is 0.0654 e. The number of H-pyrrole nitrogens is 1. The maximum atomic E-state index is 4.30. The van der Waals surface area contributed by atoms with Gasteiger partial charge in [-0.15, -0.1) is 0 Å². The van der Waals surface area contributed by atoms with E-state index in [2.05, 4.69) is 55.2 Å². The third-order valence-electron chi connectivity index (χ3n) is 4.01. The molecule has 1 aliphatic carbocycles. The summed E-state index contributed by atoms with van der Waals surface area (Å²) in [6.07, 6.45) is 5.28. The van der Waals surface area contributed by atoms with Crippen molar-refractivity contribution in [3.05, 3.63) is 58.8 Å². The highest BCUT2D eigenvalue weighted by Crippen LogP contribution is 2.33. The zero-order chi connectivity index (χ0) is 13.5. The van der Waals surface area contributed by atoms with Crippen LogP contribution in [0.2, 0.25) is 0 Å². The van der Waals surface area contributed by atoms with Gasteiger partial charge in [0.2, 0.25) is 0 Å². The van der Waals surface area contributed by atoms with E-state index in [0.717, 1.165) is 19.3 Å². The Labute approximate surface area is 115 Å². The topological polar surface area (TPSA) is 28.7 Å². The number of benzene rings is 1. The summed E-state index contributed by atoms with van der Waals surface area (Å²) in [7, 11) is 0. The summed E-state index contributed by atoms with van der Waals surface area (Å²) < 4.78 is 0. The number of hydrogen-bond donors (Lipinski definition) is 1. The van der Waals surface area contributed by atoms with Crippen LogP contribution in [0.15, 0.2) is 30.5 Å². The van der Waals surface area contributed by atoms with E-state index in [9.17, 15) is 0 Å². The molecule has 0 atom stereocenters. The van der Waals surface area contributed by atoms with E-state index in [1.165, 1.54) is 22.4 Å². The molecule has 0 saturated heterocycles. The lowest BCUT2D eigenvalue weighted by Gasteiger charge is -2.24. The molecule has 0 unspecified atom stereocenters. The number of fused-ring (bicyclic) bond motifs is 1. The maximum absolute atomic E-state index is 4.30. The monoisotopic (exact) mass is 253 g/mol. The van der Waals surface area contributed by atoms with Crippen LogP contribution in [0.5, 0.6) is 0 Å². The number of aromatic nitrogens is 2. The molecule has 0 amide bonds. The Morgan fingerprint density at radius 1 is 1.16 bits per heavy atom. The molecule has 2 nitrogen and oxygen atoms in total. The molecule has 1 N–H and O–H groups in total. The van der Waals surface area contributed by atoms with Crippen molar-refractivity contribution < 1.29 is 0 Å². The van der Waals surface area contributed by atoms with Crippen molar-refractivity contribution in [3.8, 4) is 0 Å². The quantitative estimate of drug-likeness (QED) is 0.822. The van der Waals surface area contributed by atoms with E-state index in [1.54, 1.807) is 5.92 Å². The first-order valence-electron chi connectivity index (χ1n) is 7.01. The minimum absolute atomic E-state index is 0.214. The molecule has 3 rings (SSSR count). The van der Waals surface area contributed by atoms with Gasteiger partial charge >= 0.3 is 0 Å². The van der Waals surface area contributed by atoms with Crippen LogP contribution in [-0.2, 0) is 18.3 Å². The average molecular weight is 253 g/mol. The number of aromatic amines is 1. The van der Waals surface area contributed by atoms with Gasteiger partial charge in [0.1, 0.15) is 0 Å². The highest BCUT2D eigenvalue weighted by Gasteiger charge is 2.23. The molecule has 1 aromatic carbocycles. The van der Waals surface area contributed by atoms with Crippen molar-refractivity contribution in [1.82, 2.24) is 10.2 Å². The smallest absolute Gasteiger partial charge is 0.0654 e. The number of nitrogens with one attached hydrogen (secondary N) is 1. The number of nitrogens with zero attached hydrogens (tertiary/aromatic N) is 1. The van der Waals surface area contributed by atoms with E-state index in [4.69, 9.17) is 0 Å². The van der Waals surface area contributed by atoms with Crippen LogP contribution in [0.1, 0.15) is 49.6 Å². The van der Waals surface area contributed by atoms with Gasteiger partial charge in [0.25, 0.3) is 0 Å². The predicted molar refractivity (Wildman–Crippen MR) is 78.1 cm³/mol. The van der Waals surface area contributed by atoms with E-state index < -0.39 is 0 Å². The molecule has 0 aliphatic heterocycles. The summed E-state index contributed by atoms with van der Waals surface area (Å²) >= 11 is 0. The van der Waals surface area contributed by atoms with Crippen LogP contribution >= 0.6 is 0 Å². The van der Waals surface area contributed by atoms with Crippen LogP contribution < -0.4 is 0 Å². The summed E-state index contributed by atoms with van der Waals surface area (Å²) in [4.78, 5) is 0. The Morgan fingerprint density at radius 2 is 2.00 bits per heavy atom. The summed E-state index contributed by atoms with van der Waals surface area (Å²) in [5.74, 6) is 1.54. The molecular formula is C17H21N2. The molecule has 1 aromatic heterocycles. The van der Waals surface area contributed by atoms with Crippen molar-refractivity contribution in [2.45, 2.75) is 45.4 Å². The average Bonchev–Trinajstić information content (AvgIpc) is 2.85. The lowest BCUT2D eigenvalue weighted by atomic mass is 9.80. The van der Waals surface area contributed by atoms with E-state index in [0.29, 0.717) is 0 Å². The second-order valence-electron chi connectivity index (χ2n) is 6.47. The van der Waals surface area contributed by atoms with Gasteiger partial charge in [0.15, 0.2) is 0 Å². The van der Waals surface area contributed by atoms with Crippen molar-refractivity contribution in [1.29, 1.82) is 0 Å². The van der Waals surface area contributed by atoms with Crippen molar-refractivity contribution in [3.63, 3.8) is 0 Å². The number of rotatable bonds is 1. The first kappa shape index (κ1) is 12.5. The Hall–Kier alpha value is -1.57. The molecule has 1 heterocycles. The third kappa shape index (κ3) is 2.44. The Bertz CT molecular complexity index is 575. The Morgan fingerprint density at radius 3 is 2.79 bits per heavy atom. The molecule has 0 spiro atoms. The molecule has 1 radical (unpaired) electrons. The van der Waals surface area contributed by atoms with Gasteiger partial charge in [-0.2, -0.15) is 5.10 Å². The Balaban J connectivity index is 1.88. The van der Waals surface area contributed by atoms with Crippen molar-refractivity contribution in [2.24, 2.45) is 0 Å². The molecule has 1 aliphatic rings. The predicted octanol–water partition coefficient (Wildman–Crippen LogP) is 3.82. The summed E-state index contributed by atoms with van der Waals surface area (Å²) in [5.41, 5.74) is 5.64. The minimum Gasteiger partial charge on any atom is -0.285 e. The molecule has 2 heteroatoms. The normalized spacial score (nSPS) is 16.4. The van der Waals surface area contributed by atoms with Gasteiger partial charge in [-0.3, -0.25) is 5.10 Å². The second-order valence-corrected chi connectivity index (χ2v) is 6.47. The fourth-order valence-corrected chi connectivity index (χ4v) is 2.75. The van der Waals surface area contributed by atoms with Gasteiger partial charge in [-0.05, 0) is 41.4 Å². The molecule has 19 heavy (non-hydrogen) atoms. The summed E-state index contributed by atoms with van der Waals surface area (Å²) in [6.45, 7) is 6.81. The fourth-order valence-electron chi connectivity index (χ4n) is 2.75. The van der Waals surface area contributed by atoms with Gasteiger partial charge in [0.05, 0.1) is 5.69 Å². The largest absolute Gasteiger partial charge is 0.285 e. The first-order valence-corrected chi connectivity index (χ1v) is 7.01. The zero-order valence-electron chi connectivity index (χ0n) is 12.0. The fraction of sp³-hybridized carbons (Fsp3) is 0.412. The highest BCUT2D eigenvalue weighted by atomic mass is 15.1. The van der Waals surface area contributed by atoms with Crippen LogP contribution in [0.25, 0.3) is 0 Å². The van der Waals surface area contributed by atoms with E-state index in [-0.39, 0.29) is 5.41 Å². The van der Waals surface area contributed by atoms with Crippen molar-refractivity contribution >= 4 is 0 Å². The summed E-state index contributed by atoms with van der Waals surface area (Å²) in [6, 6.07) is 9.03. The van der Waals surface area contributed by atoms with Gasteiger partial charge < -0.3 is 0 Å². The lowest BCUT2D eigenvalue weighted by molar-refractivity contribution is 0.589.